The van der Waals surface area contributed by atoms with Crippen LogP contribution in [0.4, 0.5) is 13.2 Å². The van der Waals surface area contributed by atoms with Crippen LogP contribution in [0.2, 0.25) is 0 Å². The zero-order chi connectivity index (χ0) is 17.4. The molecule has 24 heavy (non-hydrogen) atoms. The zero-order valence-electron chi connectivity index (χ0n) is 12.6. The molecule has 5 nitrogen and oxygen atoms in total. The first kappa shape index (κ1) is 17.0. The Bertz CT molecular complexity index is 803. The Balaban J connectivity index is 1.73. The Morgan fingerprint density at radius 2 is 1.88 bits per heavy atom. The van der Waals surface area contributed by atoms with E-state index in [0.29, 0.717) is 18.7 Å². The third kappa shape index (κ3) is 3.62. The van der Waals surface area contributed by atoms with E-state index in [9.17, 15) is 21.6 Å². The van der Waals surface area contributed by atoms with E-state index < -0.39 is 28.0 Å². The van der Waals surface area contributed by atoms with Crippen molar-refractivity contribution in [3.8, 4) is 0 Å². The van der Waals surface area contributed by atoms with Crippen molar-refractivity contribution in [3.05, 3.63) is 53.9 Å². The van der Waals surface area contributed by atoms with Gasteiger partial charge in [0.1, 0.15) is 11.8 Å². The lowest BCUT2D eigenvalue weighted by Crippen LogP contribution is -2.27. The van der Waals surface area contributed by atoms with Crippen LogP contribution >= 0.6 is 0 Å². The fourth-order valence-corrected chi connectivity index (χ4v) is 4.77. The average Bonchev–Trinajstić information content (AvgIpc) is 3.03. The fraction of sp³-hybridized carbons (Fsp3) is 0.400. The van der Waals surface area contributed by atoms with Crippen LogP contribution in [-0.4, -0.2) is 35.2 Å². The monoisotopic (exact) mass is 359 g/mol. The van der Waals surface area contributed by atoms with Gasteiger partial charge in [-0.05, 0) is 18.1 Å². The molecule has 1 unspecified atom stereocenters. The first-order chi connectivity index (χ1) is 11.3. The highest BCUT2D eigenvalue weighted by molar-refractivity contribution is 7.89. The largest absolute Gasteiger partial charge is 0.408 e. The molecule has 1 aliphatic rings. The summed E-state index contributed by atoms with van der Waals surface area (Å²) in [5.41, 5.74) is 1.03. The van der Waals surface area contributed by atoms with Crippen LogP contribution in [0.5, 0.6) is 0 Å². The van der Waals surface area contributed by atoms with Gasteiger partial charge in [-0.3, -0.25) is 4.68 Å². The second-order valence-electron chi connectivity index (χ2n) is 5.69. The number of benzene rings is 1. The molecule has 2 aromatic rings. The summed E-state index contributed by atoms with van der Waals surface area (Å²) in [4.78, 5) is 0. The zero-order valence-corrected chi connectivity index (χ0v) is 13.5. The molecule has 0 N–H and O–H groups in total. The minimum Gasteiger partial charge on any atom is -0.263 e. The van der Waals surface area contributed by atoms with Crippen LogP contribution in [0.1, 0.15) is 22.9 Å². The second-order valence-corrected chi connectivity index (χ2v) is 7.80. The van der Waals surface area contributed by atoms with Crippen molar-refractivity contribution in [2.24, 2.45) is 0 Å². The van der Waals surface area contributed by atoms with Gasteiger partial charge in [-0.2, -0.15) is 22.6 Å². The molecule has 130 valence electrons. The van der Waals surface area contributed by atoms with Crippen LogP contribution in [0.15, 0.2) is 42.6 Å². The quantitative estimate of drug-likeness (QED) is 0.843. The lowest BCUT2D eigenvalue weighted by Gasteiger charge is -2.16. The molecule has 2 heterocycles. The van der Waals surface area contributed by atoms with Gasteiger partial charge in [0.25, 0.3) is 0 Å². The summed E-state index contributed by atoms with van der Waals surface area (Å²) in [6.07, 6.45) is -2.70. The third-order valence-corrected chi connectivity index (χ3v) is 6.17. The maximum Gasteiger partial charge on any atom is 0.408 e. The Labute approximate surface area is 137 Å². The summed E-state index contributed by atoms with van der Waals surface area (Å²) in [5.74, 6) is 0. The smallest absolute Gasteiger partial charge is 0.263 e. The third-order valence-electron chi connectivity index (χ3n) is 3.91. The summed E-state index contributed by atoms with van der Waals surface area (Å²) in [6, 6.07) is 10.3. The van der Waals surface area contributed by atoms with E-state index in [4.69, 9.17) is 0 Å². The van der Waals surface area contributed by atoms with Crippen molar-refractivity contribution in [1.82, 2.24) is 14.1 Å². The van der Waals surface area contributed by atoms with E-state index in [2.05, 4.69) is 5.10 Å². The fourth-order valence-electron chi connectivity index (χ4n) is 2.83. The number of aromatic nitrogens is 2. The van der Waals surface area contributed by atoms with Crippen LogP contribution in [-0.2, 0) is 23.1 Å². The number of halogens is 3. The maximum absolute atomic E-state index is 12.6. The van der Waals surface area contributed by atoms with Gasteiger partial charge in [-0.1, -0.05) is 30.3 Å². The number of nitrogens with zero attached hydrogens (tertiary/aromatic N) is 3. The normalized spacial score (nSPS) is 21.2. The second kappa shape index (κ2) is 6.21. The SMILES string of the molecule is O=S1(=O)C(c2ccccc2)CCN1Cc1ccn(CC(F)(F)F)n1. The Morgan fingerprint density at radius 1 is 1.17 bits per heavy atom. The van der Waals surface area contributed by atoms with Gasteiger partial charge in [0.15, 0.2) is 0 Å². The van der Waals surface area contributed by atoms with E-state index in [0.717, 1.165) is 10.2 Å². The summed E-state index contributed by atoms with van der Waals surface area (Å²) in [7, 11) is -3.54. The molecule has 1 aromatic heterocycles. The number of alkyl halides is 3. The minimum atomic E-state index is -4.36. The number of rotatable bonds is 4. The Kier molecular flexibility index (Phi) is 4.39. The molecule has 0 bridgehead atoms. The van der Waals surface area contributed by atoms with Gasteiger partial charge in [0, 0.05) is 12.7 Å². The van der Waals surface area contributed by atoms with Crippen LogP contribution in [0.25, 0.3) is 0 Å². The van der Waals surface area contributed by atoms with Crippen molar-refractivity contribution in [2.75, 3.05) is 6.54 Å². The van der Waals surface area contributed by atoms with E-state index in [1.807, 2.05) is 6.07 Å². The van der Waals surface area contributed by atoms with E-state index in [1.165, 1.54) is 16.6 Å². The Hall–Kier alpha value is -1.87. The molecule has 0 saturated carbocycles. The molecule has 3 rings (SSSR count). The predicted molar refractivity (Wildman–Crippen MR) is 81.4 cm³/mol. The van der Waals surface area contributed by atoms with Crippen LogP contribution < -0.4 is 0 Å². The van der Waals surface area contributed by atoms with Crippen molar-refractivity contribution in [1.29, 1.82) is 0 Å². The predicted octanol–water partition coefficient (Wildman–Crippen LogP) is 2.72. The Morgan fingerprint density at radius 3 is 2.54 bits per heavy atom. The van der Waals surface area contributed by atoms with Gasteiger partial charge < -0.3 is 0 Å². The number of hydrogen-bond donors (Lipinski definition) is 0. The first-order valence-corrected chi connectivity index (χ1v) is 8.89. The number of sulfonamides is 1. The molecular weight excluding hydrogens is 343 g/mol. The molecule has 9 heteroatoms. The van der Waals surface area contributed by atoms with Gasteiger partial charge >= 0.3 is 6.18 Å². The van der Waals surface area contributed by atoms with E-state index in [-0.39, 0.29) is 6.54 Å². The highest BCUT2D eigenvalue weighted by atomic mass is 32.2. The van der Waals surface area contributed by atoms with Gasteiger partial charge in [-0.25, -0.2) is 8.42 Å². The van der Waals surface area contributed by atoms with Crippen LogP contribution in [0.3, 0.4) is 0 Å². The van der Waals surface area contributed by atoms with Crippen molar-refractivity contribution >= 4 is 10.0 Å². The molecule has 0 spiro atoms. The van der Waals surface area contributed by atoms with Gasteiger partial charge in [0.05, 0.1) is 12.2 Å². The molecule has 1 aliphatic heterocycles. The maximum atomic E-state index is 12.6. The average molecular weight is 359 g/mol. The first-order valence-electron chi connectivity index (χ1n) is 7.39. The molecule has 0 radical (unpaired) electrons. The molecule has 1 fully saturated rings. The van der Waals surface area contributed by atoms with Crippen LogP contribution in [0, 0.1) is 0 Å². The molecule has 1 atom stereocenters. The molecule has 0 aliphatic carbocycles. The summed E-state index contributed by atoms with van der Waals surface area (Å²) in [5, 5.41) is 3.20. The standard InChI is InChI=1S/C15H16F3N3O2S/c16-15(17,18)11-20-8-6-13(19-20)10-21-9-7-14(24(21,22)23)12-4-2-1-3-5-12/h1-6,8,14H,7,9-11H2. The van der Waals surface area contributed by atoms with Crippen molar-refractivity contribution in [3.63, 3.8) is 0 Å². The topological polar surface area (TPSA) is 55.2 Å². The highest BCUT2D eigenvalue weighted by Gasteiger charge is 2.39. The van der Waals surface area contributed by atoms with Gasteiger partial charge in [0.2, 0.25) is 10.0 Å². The van der Waals surface area contributed by atoms with Crippen molar-refractivity contribution < 1.29 is 21.6 Å². The molecule has 0 amide bonds. The number of hydrogen-bond acceptors (Lipinski definition) is 3. The highest BCUT2D eigenvalue weighted by Crippen LogP contribution is 2.35. The summed E-state index contributed by atoms with van der Waals surface area (Å²) >= 11 is 0. The molecular formula is C15H16F3N3O2S. The van der Waals surface area contributed by atoms with Crippen molar-refractivity contribution in [2.45, 2.75) is 30.9 Å². The lowest BCUT2D eigenvalue weighted by atomic mass is 10.1. The van der Waals surface area contributed by atoms with E-state index >= 15 is 0 Å². The van der Waals surface area contributed by atoms with Gasteiger partial charge in [-0.15, -0.1) is 0 Å². The lowest BCUT2D eigenvalue weighted by molar-refractivity contribution is -0.142. The minimum absolute atomic E-state index is 0.0173. The molecule has 1 aromatic carbocycles. The summed E-state index contributed by atoms with van der Waals surface area (Å²) < 4.78 is 64.4. The molecule has 1 saturated heterocycles. The summed E-state index contributed by atoms with van der Waals surface area (Å²) in [6.45, 7) is -0.878. The van der Waals surface area contributed by atoms with E-state index in [1.54, 1.807) is 24.3 Å².